The van der Waals surface area contributed by atoms with E-state index >= 15 is 0 Å². The SMILES string of the molecule is CCNC1C(C)C2c3cc(OC)ccc3CCC12. The van der Waals surface area contributed by atoms with Gasteiger partial charge in [-0.05, 0) is 60.4 Å². The molecule has 2 aliphatic rings. The van der Waals surface area contributed by atoms with Crippen molar-refractivity contribution in [1.82, 2.24) is 5.32 Å². The van der Waals surface area contributed by atoms with Crippen molar-refractivity contribution in [2.75, 3.05) is 13.7 Å². The fourth-order valence-corrected chi connectivity index (χ4v) is 4.09. The monoisotopic (exact) mass is 245 g/mol. The molecular weight excluding hydrogens is 222 g/mol. The van der Waals surface area contributed by atoms with Crippen LogP contribution in [0.25, 0.3) is 0 Å². The summed E-state index contributed by atoms with van der Waals surface area (Å²) in [6.45, 7) is 5.69. The maximum Gasteiger partial charge on any atom is 0.119 e. The summed E-state index contributed by atoms with van der Waals surface area (Å²) in [5.41, 5.74) is 3.09. The van der Waals surface area contributed by atoms with Gasteiger partial charge in [0.15, 0.2) is 0 Å². The smallest absolute Gasteiger partial charge is 0.119 e. The summed E-state index contributed by atoms with van der Waals surface area (Å²) < 4.78 is 5.38. The summed E-state index contributed by atoms with van der Waals surface area (Å²) >= 11 is 0. The lowest BCUT2D eigenvalue weighted by atomic mass is 9.54. The molecule has 2 nitrogen and oxygen atoms in total. The number of methoxy groups -OCH3 is 1. The Kier molecular flexibility index (Phi) is 3.06. The highest BCUT2D eigenvalue weighted by atomic mass is 16.5. The molecule has 2 aliphatic carbocycles. The maximum atomic E-state index is 5.38. The molecule has 2 heteroatoms. The number of ether oxygens (including phenoxy) is 1. The fraction of sp³-hybridized carbons (Fsp3) is 0.625. The highest BCUT2D eigenvalue weighted by Gasteiger charge is 2.49. The van der Waals surface area contributed by atoms with Crippen LogP contribution in [0.3, 0.4) is 0 Å². The number of nitrogens with one attached hydrogen (secondary N) is 1. The number of aryl methyl sites for hydroxylation is 1. The molecule has 0 saturated heterocycles. The van der Waals surface area contributed by atoms with Crippen LogP contribution in [0.15, 0.2) is 18.2 Å². The van der Waals surface area contributed by atoms with E-state index in [9.17, 15) is 0 Å². The molecule has 3 rings (SSSR count). The number of benzene rings is 1. The minimum absolute atomic E-state index is 0.722. The molecule has 0 aliphatic heterocycles. The molecule has 0 aromatic heterocycles. The van der Waals surface area contributed by atoms with Crippen LogP contribution in [-0.4, -0.2) is 19.7 Å². The van der Waals surface area contributed by atoms with Crippen LogP contribution in [0, 0.1) is 11.8 Å². The lowest BCUT2D eigenvalue weighted by Gasteiger charge is -2.54. The molecule has 0 bridgehead atoms. The normalized spacial score (nSPS) is 33.3. The highest BCUT2D eigenvalue weighted by Crippen LogP contribution is 2.53. The van der Waals surface area contributed by atoms with Crippen molar-refractivity contribution in [1.29, 1.82) is 0 Å². The number of fused-ring (bicyclic) bond motifs is 3. The van der Waals surface area contributed by atoms with Crippen LogP contribution in [0.4, 0.5) is 0 Å². The maximum absolute atomic E-state index is 5.38. The molecule has 1 saturated carbocycles. The highest BCUT2D eigenvalue weighted by molar-refractivity contribution is 5.42. The topological polar surface area (TPSA) is 21.3 Å². The van der Waals surface area contributed by atoms with E-state index in [1.807, 2.05) is 0 Å². The standard InChI is InChI=1S/C16H23NO/c1-4-17-16-10(2)15-13(16)8-6-11-5-7-12(18-3)9-14(11)15/h5,7,9-10,13,15-17H,4,6,8H2,1-3H3. The molecule has 1 aromatic carbocycles. The first-order valence-electron chi connectivity index (χ1n) is 7.16. The van der Waals surface area contributed by atoms with Crippen LogP contribution in [-0.2, 0) is 6.42 Å². The molecular formula is C16H23NO. The van der Waals surface area contributed by atoms with E-state index in [-0.39, 0.29) is 0 Å². The lowest BCUT2D eigenvalue weighted by molar-refractivity contribution is 0.0673. The molecule has 1 aromatic rings. The summed E-state index contributed by atoms with van der Waals surface area (Å²) in [6.07, 6.45) is 2.57. The van der Waals surface area contributed by atoms with Gasteiger partial charge >= 0.3 is 0 Å². The molecule has 0 radical (unpaired) electrons. The first kappa shape index (κ1) is 12.0. The third-order valence-electron chi connectivity index (χ3n) is 4.95. The summed E-state index contributed by atoms with van der Waals surface area (Å²) in [5.74, 6) is 3.34. The quantitative estimate of drug-likeness (QED) is 0.884. The first-order chi connectivity index (χ1) is 8.76. The molecule has 0 amide bonds. The average Bonchev–Trinajstić information content (AvgIpc) is 2.42. The Morgan fingerprint density at radius 2 is 2.22 bits per heavy atom. The van der Waals surface area contributed by atoms with E-state index < -0.39 is 0 Å². The van der Waals surface area contributed by atoms with Gasteiger partial charge in [0.1, 0.15) is 5.75 Å². The Bertz CT molecular complexity index is 443. The van der Waals surface area contributed by atoms with Gasteiger partial charge in [-0.25, -0.2) is 0 Å². The van der Waals surface area contributed by atoms with E-state index in [0.717, 1.165) is 36.1 Å². The zero-order valence-corrected chi connectivity index (χ0v) is 11.6. The molecule has 1 fully saturated rings. The molecule has 0 heterocycles. The fourth-order valence-electron chi connectivity index (χ4n) is 4.09. The predicted molar refractivity (Wildman–Crippen MR) is 74.2 cm³/mol. The van der Waals surface area contributed by atoms with E-state index in [1.165, 1.54) is 12.8 Å². The van der Waals surface area contributed by atoms with E-state index in [0.29, 0.717) is 0 Å². The lowest BCUT2D eigenvalue weighted by Crippen LogP contribution is -2.57. The van der Waals surface area contributed by atoms with E-state index in [1.54, 1.807) is 18.2 Å². The van der Waals surface area contributed by atoms with Crippen molar-refractivity contribution < 1.29 is 4.74 Å². The third kappa shape index (κ3) is 1.66. The number of hydrogen-bond acceptors (Lipinski definition) is 2. The second-order valence-electron chi connectivity index (χ2n) is 5.74. The van der Waals surface area contributed by atoms with Gasteiger partial charge in [-0.3, -0.25) is 0 Å². The van der Waals surface area contributed by atoms with Gasteiger partial charge < -0.3 is 10.1 Å². The number of hydrogen-bond donors (Lipinski definition) is 1. The second-order valence-corrected chi connectivity index (χ2v) is 5.74. The molecule has 4 unspecified atom stereocenters. The van der Waals surface area contributed by atoms with Crippen LogP contribution >= 0.6 is 0 Å². The summed E-state index contributed by atoms with van der Waals surface area (Å²) in [4.78, 5) is 0. The Morgan fingerprint density at radius 3 is 2.94 bits per heavy atom. The molecule has 1 N–H and O–H groups in total. The summed E-state index contributed by atoms with van der Waals surface area (Å²) in [7, 11) is 1.76. The molecule has 98 valence electrons. The minimum atomic E-state index is 0.722. The Morgan fingerprint density at radius 1 is 1.39 bits per heavy atom. The van der Waals surface area contributed by atoms with Crippen molar-refractivity contribution in [3.05, 3.63) is 29.3 Å². The zero-order valence-electron chi connectivity index (χ0n) is 11.6. The summed E-state index contributed by atoms with van der Waals surface area (Å²) in [5, 5.41) is 3.66. The predicted octanol–water partition coefficient (Wildman–Crippen LogP) is 2.97. The average molecular weight is 245 g/mol. The van der Waals surface area contributed by atoms with E-state index in [2.05, 4.69) is 37.4 Å². The zero-order chi connectivity index (χ0) is 12.7. The van der Waals surface area contributed by atoms with Gasteiger partial charge in [0.25, 0.3) is 0 Å². The largest absolute Gasteiger partial charge is 0.497 e. The third-order valence-corrected chi connectivity index (χ3v) is 4.95. The number of rotatable bonds is 3. The Hall–Kier alpha value is -1.02. The van der Waals surface area contributed by atoms with Gasteiger partial charge in [-0.2, -0.15) is 0 Å². The first-order valence-corrected chi connectivity index (χ1v) is 7.16. The molecule has 0 spiro atoms. The summed E-state index contributed by atoms with van der Waals surface area (Å²) in [6, 6.07) is 7.35. The van der Waals surface area contributed by atoms with Crippen molar-refractivity contribution in [3.63, 3.8) is 0 Å². The van der Waals surface area contributed by atoms with Gasteiger partial charge in [0, 0.05) is 6.04 Å². The molecule has 18 heavy (non-hydrogen) atoms. The van der Waals surface area contributed by atoms with Gasteiger partial charge in [-0.15, -0.1) is 0 Å². The van der Waals surface area contributed by atoms with Crippen LogP contribution < -0.4 is 10.1 Å². The van der Waals surface area contributed by atoms with E-state index in [4.69, 9.17) is 4.74 Å². The Balaban J connectivity index is 1.90. The van der Waals surface area contributed by atoms with Crippen molar-refractivity contribution in [3.8, 4) is 5.75 Å². The van der Waals surface area contributed by atoms with Crippen molar-refractivity contribution in [2.24, 2.45) is 11.8 Å². The molecule has 4 atom stereocenters. The second kappa shape index (κ2) is 4.58. The van der Waals surface area contributed by atoms with Gasteiger partial charge in [-0.1, -0.05) is 19.9 Å². The van der Waals surface area contributed by atoms with Crippen LogP contribution in [0.1, 0.15) is 37.3 Å². The van der Waals surface area contributed by atoms with Crippen LogP contribution in [0.2, 0.25) is 0 Å². The van der Waals surface area contributed by atoms with Gasteiger partial charge in [0.05, 0.1) is 7.11 Å². The van der Waals surface area contributed by atoms with Crippen molar-refractivity contribution >= 4 is 0 Å². The van der Waals surface area contributed by atoms with Gasteiger partial charge in [0.2, 0.25) is 0 Å². The van der Waals surface area contributed by atoms with Crippen LogP contribution in [0.5, 0.6) is 5.75 Å². The Labute approximate surface area is 110 Å². The van der Waals surface area contributed by atoms with Crippen molar-refractivity contribution in [2.45, 2.75) is 38.6 Å². The minimum Gasteiger partial charge on any atom is -0.497 e.